The van der Waals surface area contributed by atoms with Crippen molar-refractivity contribution in [3.63, 3.8) is 0 Å². The molecule has 0 aromatic carbocycles. The summed E-state index contributed by atoms with van der Waals surface area (Å²) in [6.45, 7) is 5.93. The van der Waals surface area contributed by atoms with Crippen LogP contribution in [0.2, 0.25) is 0 Å². The van der Waals surface area contributed by atoms with Gasteiger partial charge in [-0.15, -0.1) is 0 Å². The maximum Gasteiger partial charge on any atom is 0.183 e. The number of rotatable bonds is 3. The molecule has 0 aliphatic carbocycles. The second-order valence-corrected chi connectivity index (χ2v) is 3.13. The normalized spacial score (nSPS) is 36.8. The molecule has 1 heterocycles. The zero-order valence-corrected chi connectivity index (χ0v) is 8.22. The van der Waals surface area contributed by atoms with Crippen molar-refractivity contribution in [2.24, 2.45) is 0 Å². The van der Waals surface area contributed by atoms with Crippen molar-refractivity contribution < 1.29 is 9.47 Å². The summed E-state index contributed by atoms with van der Waals surface area (Å²) in [5.74, 6) is -0.382. The third kappa shape index (κ3) is 1.63. The van der Waals surface area contributed by atoms with E-state index in [4.69, 9.17) is 9.47 Å². The predicted octanol–water partition coefficient (Wildman–Crippen LogP) is 1.14. The Hall–Kier alpha value is -0.120. The smallest absolute Gasteiger partial charge is 0.183 e. The van der Waals surface area contributed by atoms with E-state index in [1.165, 1.54) is 0 Å². The lowest BCUT2D eigenvalue weighted by Crippen LogP contribution is -2.58. The van der Waals surface area contributed by atoms with Gasteiger partial charge in [0, 0.05) is 20.1 Å². The minimum absolute atomic E-state index is 0.334. The number of ether oxygens (including phenoxy) is 2. The molecule has 12 heavy (non-hydrogen) atoms. The lowest BCUT2D eigenvalue weighted by Gasteiger charge is -2.42. The minimum Gasteiger partial charge on any atom is -0.352 e. The molecule has 2 atom stereocenters. The maximum atomic E-state index is 5.68. The number of methoxy groups -OCH3 is 1. The molecule has 0 spiro atoms. The Labute approximate surface area is 74.4 Å². The maximum absolute atomic E-state index is 5.68. The number of hydrogen-bond acceptors (Lipinski definition) is 3. The van der Waals surface area contributed by atoms with E-state index in [-0.39, 0.29) is 5.79 Å². The van der Waals surface area contributed by atoms with E-state index in [1.807, 2.05) is 0 Å². The molecule has 2 unspecified atom stereocenters. The highest BCUT2D eigenvalue weighted by atomic mass is 16.7. The zero-order valence-electron chi connectivity index (χ0n) is 8.22. The van der Waals surface area contributed by atoms with Crippen LogP contribution in [0.4, 0.5) is 0 Å². The van der Waals surface area contributed by atoms with Gasteiger partial charge in [0.15, 0.2) is 5.79 Å². The van der Waals surface area contributed by atoms with Crippen molar-refractivity contribution >= 4 is 0 Å². The van der Waals surface area contributed by atoms with Crippen LogP contribution in [0.5, 0.6) is 0 Å². The summed E-state index contributed by atoms with van der Waals surface area (Å²) in [5, 5.41) is 3.41. The molecule has 0 bridgehead atoms. The van der Waals surface area contributed by atoms with Crippen LogP contribution in [0.25, 0.3) is 0 Å². The van der Waals surface area contributed by atoms with Crippen LogP contribution in [-0.2, 0) is 9.47 Å². The van der Waals surface area contributed by atoms with Gasteiger partial charge in [0.05, 0.1) is 12.6 Å². The molecule has 1 saturated heterocycles. The average molecular weight is 173 g/mol. The van der Waals surface area contributed by atoms with Crippen molar-refractivity contribution in [2.75, 3.05) is 20.3 Å². The Morgan fingerprint density at radius 3 is 2.75 bits per heavy atom. The molecule has 1 aliphatic rings. The van der Waals surface area contributed by atoms with Gasteiger partial charge in [-0.3, -0.25) is 0 Å². The standard InChI is InChI=1S/C9H19NO2/c1-4-8-9(5-2,11-3)12-7-6-10-8/h8,10H,4-7H2,1-3H3. The van der Waals surface area contributed by atoms with E-state index in [0.717, 1.165) is 26.0 Å². The summed E-state index contributed by atoms with van der Waals surface area (Å²) >= 11 is 0. The molecule has 0 amide bonds. The lowest BCUT2D eigenvalue weighted by atomic mass is 10.00. The van der Waals surface area contributed by atoms with E-state index in [0.29, 0.717) is 6.04 Å². The summed E-state index contributed by atoms with van der Waals surface area (Å²) < 4.78 is 11.1. The average Bonchev–Trinajstić information content (AvgIpc) is 2.17. The van der Waals surface area contributed by atoms with Crippen LogP contribution in [-0.4, -0.2) is 32.1 Å². The molecule has 0 radical (unpaired) electrons. The predicted molar refractivity (Wildman–Crippen MR) is 48.1 cm³/mol. The van der Waals surface area contributed by atoms with Gasteiger partial charge in [-0.2, -0.15) is 0 Å². The van der Waals surface area contributed by atoms with E-state index in [9.17, 15) is 0 Å². The second-order valence-electron chi connectivity index (χ2n) is 3.13. The highest BCUT2D eigenvalue weighted by molar-refractivity contribution is 4.86. The molecule has 1 N–H and O–H groups in total. The first-order valence-corrected chi connectivity index (χ1v) is 4.71. The third-order valence-corrected chi connectivity index (χ3v) is 2.62. The van der Waals surface area contributed by atoms with Crippen molar-refractivity contribution in [1.82, 2.24) is 5.32 Å². The third-order valence-electron chi connectivity index (χ3n) is 2.62. The molecule has 1 rings (SSSR count). The summed E-state index contributed by atoms with van der Waals surface area (Å²) in [4.78, 5) is 0. The first-order chi connectivity index (χ1) is 5.79. The summed E-state index contributed by atoms with van der Waals surface area (Å²) in [7, 11) is 1.72. The molecule has 1 aliphatic heterocycles. The van der Waals surface area contributed by atoms with Gasteiger partial charge in [-0.25, -0.2) is 0 Å². The second kappa shape index (κ2) is 4.21. The van der Waals surface area contributed by atoms with Gasteiger partial charge in [0.25, 0.3) is 0 Å². The zero-order chi connectivity index (χ0) is 9.03. The van der Waals surface area contributed by atoms with Crippen molar-refractivity contribution in [3.8, 4) is 0 Å². The first-order valence-electron chi connectivity index (χ1n) is 4.71. The molecular formula is C9H19NO2. The fourth-order valence-electron chi connectivity index (χ4n) is 1.86. The molecule has 0 aromatic rings. The van der Waals surface area contributed by atoms with Gasteiger partial charge >= 0.3 is 0 Å². The van der Waals surface area contributed by atoms with Gasteiger partial charge in [0.2, 0.25) is 0 Å². The van der Waals surface area contributed by atoms with Crippen LogP contribution in [0.3, 0.4) is 0 Å². The van der Waals surface area contributed by atoms with Crippen molar-refractivity contribution in [3.05, 3.63) is 0 Å². The van der Waals surface area contributed by atoms with Crippen LogP contribution >= 0.6 is 0 Å². The monoisotopic (exact) mass is 173 g/mol. The highest BCUT2D eigenvalue weighted by Crippen LogP contribution is 2.25. The summed E-state index contributed by atoms with van der Waals surface area (Å²) in [5.41, 5.74) is 0. The molecule has 3 nitrogen and oxygen atoms in total. The van der Waals surface area contributed by atoms with E-state index in [1.54, 1.807) is 7.11 Å². The highest BCUT2D eigenvalue weighted by Gasteiger charge is 2.39. The van der Waals surface area contributed by atoms with E-state index >= 15 is 0 Å². The topological polar surface area (TPSA) is 30.5 Å². The Morgan fingerprint density at radius 2 is 2.33 bits per heavy atom. The van der Waals surface area contributed by atoms with Gasteiger partial charge < -0.3 is 14.8 Å². The van der Waals surface area contributed by atoms with Crippen molar-refractivity contribution in [1.29, 1.82) is 0 Å². The van der Waals surface area contributed by atoms with Crippen LogP contribution < -0.4 is 5.32 Å². The SMILES string of the molecule is CCC1NCCOC1(CC)OC. The summed E-state index contributed by atoms with van der Waals surface area (Å²) in [6, 6.07) is 0.334. The number of hydrogen-bond donors (Lipinski definition) is 1. The molecule has 1 fully saturated rings. The Morgan fingerprint density at radius 1 is 1.58 bits per heavy atom. The quantitative estimate of drug-likeness (QED) is 0.694. The van der Waals surface area contributed by atoms with Crippen LogP contribution in [0, 0.1) is 0 Å². The molecule has 0 saturated carbocycles. The van der Waals surface area contributed by atoms with Crippen molar-refractivity contribution in [2.45, 2.75) is 38.5 Å². The van der Waals surface area contributed by atoms with Crippen LogP contribution in [0.1, 0.15) is 26.7 Å². The Kier molecular flexibility index (Phi) is 3.50. The first kappa shape index (κ1) is 9.96. The Balaban J connectivity index is 2.66. The fourth-order valence-corrected chi connectivity index (χ4v) is 1.86. The molecule has 0 aromatic heterocycles. The van der Waals surface area contributed by atoms with Gasteiger partial charge in [-0.05, 0) is 6.42 Å². The largest absolute Gasteiger partial charge is 0.352 e. The summed E-state index contributed by atoms with van der Waals surface area (Å²) in [6.07, 6.45) is 1.94. The molecule has 3 heteroatoms. The minimum atomic E-state index is -0.382. The molecular weight excluding hydrogens is 154 g/mol. The van der Waals surface area contributed by atoms with Crippen LogP contribution in [0.15, 0.2) is 0 Å². The molecule has 72 valence electrons. The van der Waals surface area contributed by atoms with Gasteiger partial charge in [-0.1, -0.05) is 13.8 Å². The van der Waals surface area contributed by atoms with E-state index < -0.39 is 0 Å². The number of morpholine rings is 1. The fraction of sp³-hybridized carbons (Fsp3) is 1.00. The number of nitrogens with one attached hydrogen (secondary N) is 1. The Bertz CT molecular complexity index is 134. The lowest BCUT2D eigenvalue weighted by molar-refractivity contribution is -0.256. The van der Waals surface area contributed by atoms with E-state index in [2.05, 4.69) is 19.2 Å². The van der Waals surface area contributed by atoms with Gasteiger partial charge in [0.1, 0.15) is 0 Å².